The van der Waals surface area contributed by atoms with E-state index < -0.39 is 0 Å². The minimum Gasteiger partial charge on any atom is -0.393 e. The molecule has 0 aromatic carbocycles. The molecule has 0 unspecified atom stereocenters. The molecule has 0 spiro atoms. The van der Waals surface area contributed by atoms with Crippen LogP contribution in [0.3, 0.4) is 0 Å². The second kappa shape index (κ2) is 9.38. The average Bonchev–Trinajstić information content (AvgIpc) is 3.04. The third kappa shape index (κ3) is 4.98. The van der Waals surface area contributed by atoms with Gasteiger partial charge in [0.15, 0.2) is 0 Å². The Bertz CT molecular complexity index is 678. The van der Waals surface area contributed by atoms with Gasteiger partial charge in [0.05, 0.1) is 6.10 Å². The first-order valence-electron chi connectivity index (χ1n) is 12.2. The van der Waals surface area contributed by atoms with Gasteiger partial charge in [-0.3, -0.25) is 0 Å². The van der Waals surface area contributed by atoms with Gasteiger partial charge in [-0.1, -0.05) is 76.6 Å². The molecular formula is C28H44O. The van der Waals surface area contributed by atoms with Crippen molar-refractivity contribution >= 4 is 0 Å². The Morgan fingerprint density at radius 2 is 1.79 bits per heavy atom. The fraction of sp³-hybridized carbons (Fsp3) is 0.714. The number of hydrogen-bond acceptors (Lipinski definition) is 1. The summed E-state index contributed by atoms with van der Waals surface area (Å²) >= 11 is 0. The third-order valence-corrected chi connectivity index (χ3v) is 8.63. The van der Waals surface area contributed by atoms with E-state index in [0.29, 0.717) is 17.3 Å². The molecule has 3 fully saturated rings. The summed E-state index contributed by atoms with van der Waals surface area (Å²) in [6.07, 6.45) is 18.8. The van der Waals surface area contributed by atoms with Gasteiger partial charge in [0.1, 0.15) is 0 Å². The first kappa shape index (κ1) is 22.6. The molecule has 3 aliphatic carbocycles. The summed E-state index contributed by atoms with van der Waals surface area (Å²) in [5.41, 5.74) is 4.61. The predicted molar refractivity (Wildman–Crippen MR) is 126 cm³/mol. The van der Waals surface area contributed by atoms with Crippen LogP contribution in [0.4, 0.5) is 0 Å². The van der Waals surface area contributed by atoms with Gasteiger partial charge < -0.3 is 5.11 Å². The summed E-state index contributed by atoms with van der Waals surface area (Å²) in [7, 11) is 0. The molecule has 29 heavy (non-hydrogen) atoms. The normalized spacial score (nSPS) is 38.2. The summed E-state index contributed by atoms with van der Waals surface area (Å²) in [5, 5.41) is 10.0. The topological polar surface area (TPSA) is 20.2 Å². The Hall–Kier alpha value is -1.08. The molecule has 0 bridgehead atoms. The van der Waals surface area contributed by atoms with Crippen molar-refractivity contribution in [2.45, 2.75) is 92.1 Å². The lowest BCUT2D eigenvalue weighted by atomic mass is 9.61. The molecule has 0 saturated heterocycles. The van der Waals surface area contributed by atoms with Gasteiger partial charge >= 0.3 is 0 Å². The lowest BCUT2D eigenvalue weighted by molar-refractivity contribution is 0.112. The number of allylic oxidation sites excluding steroid dienone is 6. The molecule has 3 saturated carbocycles. The maximum Gasteiger partial charge on any atom is 0.0583 e. The van der Waals surface area contributed by atoms with Crippen LogP contribution >= 0.6 is 0 Å². The molecular weight excluding hydrogens is 352 g/mol. The van der Waals surface area contributed by atoms with Gasteiger partial charge in [-0.15, -0.1) is 0 Å². The summed E-state index contributed by atoms with van der Waals surface area (Å²) < 4.78 is 0. The standard InChI is InChI=1S/C28H44O/c1-19(2)20(3)9-10-22(5)26-15-16-27-23(8-7-17-28(26,27)6)12-13-24-18-25(29)14-11-21(24)4/h9-10,12-13,19-20,22,25-27,29H,4,7-8,11,14-18H2,1-3,5-6H3/b10-9+,23-12+,24-13-/t20-,22+,25-,26-,27-,28+/m0/s1. The molecule has 0 aromatic rings. The zero-order chi connectivity index (χ0) is 21.2. The van der Waals surface area contributed by atoms with Crippen LogP contribution in [0, 0.1) is 35.0 Å². The van der Waals surface area contributed by atoms with Crippen LogP contribution in [-0.2, 0) is 0 Å². The van der Waals surface area contributed by atoms with Crippen LogP contribution in [0.1, 0.15) is 86.0 Å². The largest absolute Gasteiger partial charge is 0.393 e. The minimum absolute atomic E-state index is 0.182. The SMILES string of the molecule is C=C1CC[C@H](O)C/C1=C/C=C1\CCC[C@@]2(C)[C@H]1CC[C@H]2[C@H](C)/C=C/[C@H](C)C(C)C. The molecule has 162 valence electrons. The van der Waals surface area contributed by atoms with Crippen LogP contribution in [0.25, 0.3) is 0 Å². The van der Waals surface area contributed by atoms with E-state index in [0.717, 1.165) is 37.0 Å². The fourth-order valence-electron chi connectivity index (χ4n) is 6.25. The van der Waals surface area contributed by atoms with E-state index in [1.807, 2.05) is 0 Å². The lowest BCUT2D eigenvalue weighted by Crippen LogP contribution is -2.35. The van der Waals surface area contributed by atoms with E-state index >= 15 is 0 Å². The van der Waals surface area contributed by atoms with E-state index in [9.17, 15) is 5.11 Å². The quantitative estimate of drug-likeness (QED) is 0.473. The number of hydrogen-bond donors (Lipinski definition) is 1. The number of aliphatic hydroxyl groups excluding tert-OH is 1. The summed E-state index contributed by atoms with van der Waals surface area (Å²) in [6.45, 7) is 16.3. The van der Waals surface area contributed by atoms with Crippen molar-refractivity contribution < 1.29 is 5.11 Å². The summed E-state index contributed by atoms with van der Waals surface area (Å²) in [6, 6.07) is 0. The highest BCUT2D eigenvalue weighted by Crippen LogP contribution is 2.59. The zero-order valence-electron chi connectivity index (χ0n) is 19.6. The molecule has 0 heterocycles. The first-order chi connectivity index (χ1) is 13.7. The van der Waals surface area contributed by atoms with E-state index in [4.69, 9.17) is 0 Å². The molecule has 0 aromatic heterocycles. The molecule has 0 radical (unpaired) electrons. The molecule has 1 heteroatoms. The molecule has 0 aliphatic heterocycles. The zero-order valence-corrected chi connectivity index (χ0v) is 19.6. The van der Waals surface area contributed by atoms with Gasteiger partial charge in [-0.25, -0.2) is 0 Å². The van der Waals surface area contributed by atoms with Crippen molar-refractivity contribution in [3.05, 3.63) is 47.6 Å². The van der Waals surface area contributed by atoms with Gasteiger partial charge in [0, 0.05) is 0 Å². The van der Waals surface area contributed by atoms with Gasteiger partial charge in [0.2, 0.25) is 0 Å². The summed E-state index contributed by atoms with van der Waals surface area (Å²) in [5.74, 6) is 3.58. The van der Waals surface area contributed by atoms with Crippen LogP contribution in [0.2, 0.25) is 0 Å². The van der Waals surface area contributed by atoms with Crippen LogP contribution in [0.15, 0.2) is 47.6 Å². The Kier molecular flexibility index (Phi) is 7.31. The fourth-order valence-corrected chi connectivity index (χ4v) is 6.25. The Morgan fingerprint density at radius 3 is 2.52 bits per heavy atom. The number of aliphatic hydroxyl groups is 1. The van der Waals surface area contributed by atoms with E-state index in [1.165, 1.54) is 43.3 Å². The van der Waals surface area contributed by atoms with Crippen molar-refractivity contribution in [2.24, 2.45) is 35.0 Å². The summed E-state index contributed by atoms with van der Waals surface area (Å²) in [4.78, 5) is 0. The lowest BCUT2D eigenvalue weighted by Gasteiger charge is -2.44. The van der Waals surface area contributed by atoms with Crippen molar-refractivity contribution in [1.29, 1.82) is 0 Å². The molecule has 1 nitrogen and oxygen atoms in total. The van der Waals surface area contributed by atoms with Crippen LogP contribution < -0.4 is 0 Å². The Labute approximate surface area is 180 Å². The number of rotatable bonds is 5. The van der Waals surface area contributed by atoms with E-state index in [1.54, 1.807) is 5.57 Å². The van der Waals surface area contributed by atoms with E-state index in [2.05, 4.69) is 65.5 Å². The van der Waals surface area contributed by atoms with Gasteiger partial charge in [0.25, 0.3) is 0 Å². The monoisotopic (exact) mass is 396 g/mol. The van der Waals surface area contributed by atoms with Crippen molar-refractivity contribution in [3.8, 4) is 0 Å². The van der Waals surface area contributed by atoms with Gasteiger partial charge in [-0.2, -0.15) is 0 Å². The average molecular weight is 397 g/mol. The van der Waals surface area contributed by atoms with Gasteiger partial charge in [-0.05, 0) is 91.9 Å². The van der Waals surface area contributed by atoms with Crippen LogP contribution in [0.5, 0.6) is 0 Å². The highest BCUT2D eigenvalue weighted by Gasteiger charge is 2.50. The molecule has 3 rings (SSSR count). The Morgan fingerprint density at radius 1 is 1.03 bits per heavy atom. The maximum absolute atomic E-state index is 10.0. The molecule has 1 N–H and O–H groups in total. The van der Waals surface area contributed by atoms with Crippen molar-refractivity contribution in [2.75, 3.05) is 0 Å². The highest BCUT2D eigenvalue weighted by molar-refractivity contribution is 5.36. The molecule has 3 aliphatic rings. The van der Waals surface area contributed by atoms with E-state index in [-0.39, 0.29) is 6.10 Å². The number of fused-ring (bicyclic) bond motifs is 1. The van der Waals surface area contributed by atoms with Crippen molar-refractivity contribution in [1.82, 2.24) is 0 Å². The second-order valence-corrected chi connectivity index (χ2v) is 10.9. The Balaban J connectivity index is 1.75. The molecule has 0 amide bonds. The molecule has 6 atom stereocenters. The smallest absolute Gasteiger partial charge is 0.0583 e. The van der Waals surface area contributed by atoms with Crippen molar-refractivity contribution in [3.63, 3.8) is 0 Å². The van der Waals surface area contributed by atoms with Crippen LogP contribution in [-0.4, -0.2) is 11.2 Å². The second-order valence-electron chi connectivity index (χ2n) is 10.9. The predicted octanol–water partition coefficient (Wildman–Crippen LogP) is 7.64. The minimum atomic E-state index is -0.182. The maximum atomic E-state index is 10.0. The highest BCUT2D eigenvalue weighted by atomic mass is 16.3. The third-order valence-electron chi connectivity index (χ3n) is 8.63. The first-order valence-corrected chi connectivity index (χ1v) is 12.2.